The number of fused-ring (bicyclic) bond motifs is 1. The van der Waals surface area contributed by atoms with Crippen LogP contribution < -0.4 is 4.74 Å². The first-order valence-corrected chi connectivity index (χ1v) is 5.12. The van der Waals surface area contributed by atoms with E-state index in [4.69, 9.17) is 4.74 Å². The Balaban J connectivity index is 2.16. The molecule has 1 aromatic rings. The number of carbonyl (C=O) groups is 1. The first-order chi connectivity index (χ1) is 6.79. The Kier molecular flexibility index (Phi) is 2.53. The van der Waals surface area contributed by atoms with E-state index >= 15 is 0 Å². The van der Waals surface area contributed by atoms with Gasteiger partial charge in [-0.2, -0.15) is 0 Å². The molecular formula is C12H14O2. The average Bonchev–Trinajstić information content (AvgIpc) is 2.54. The quantitative estimate of drug-likeness (QED) is 0.540. The third kappa shape index (κ3) is 1.79. The molecule has 0 spiro atoms. The van der Waals surface area contributed by atoms with Crippen LogP contribution >= 0.6 is 0 Å². The monoisotopic (exact) mass is 190 g/mol. The predicted molar refractivity (Wildman–Crippen MR) is 54.4 cm³/mol. The van der Waals surface area contributed by atoms with Crippen molar-refractivity contribution >= 4 is 5.97 Å². The molecule has 0 saturated carbocycles. The summed E-state index contributed by atoms with van der Waals surface area (Å²) in [5.41, 5.74) is 2.35. The van der Waals surface area contributed by atoms with Crippen LogP contribution in [0.25, 0.3) is 0 Å². The Morgan fingerprint density at radius 2 is 2.29 bits per heavy atom. The van der Waals surface area contributed by atoms with Gasteiger partial charge in [0, 0.05) is 5.56 Å². The van der Waals surface area contributed by atoms with Gasteiger partial charge in [0.05, 0.1) is 6.42 Å². The van der Waals surface area contributed by atoms with Crippen molar-refractivity contribution in [1.82, 2.24) is 0 Å². The van der Waals surface area contributed by atoms with E-state index in [1.807, 2.05) is 12.1 Å². The molecule has 0 radical (unpaired) electrons. The molecule has 0 atom stereocenters. The van der Waals surface area contributed by atoms with E-state index in [1.165, 1.54) is 18.4 Å². The summed E-state index contributed by atoms with van der Waals surface area (Å²) in [6.07, 6.45) is 3.94. The van der Waals surface area contributed by atoms with Crippen molar-refractivity contribution in [3.05, 3.63) is 29.3 Å². The number of benzene rings is 1. The lowest BCUT2D eigenvalue weighted by Crippen LogP contribution is -2.00. The molecule has 0 unspecified atom stereocenters. The Hall–Kier alpha value is -1.31. The number of unbranched alkanes of at least 4 members (excludes halogenated alkanes) is 1. The van der Waals surface area contributed by atoms with Crippen molar-refractivity contribution in [1.29, 1.82) is 0 Å². The maximum atomic E-state index is 11.0. The zero-order chi connectivity index (χ0) is 9.97. The SMILES string of the molecule is CCCCc1ccc2c(c1)CC(=O)O2. The highest BCUT2D eigenvalue weighted by atomic mass is 16.5. The van der Waals surface area contributed by atoms with Gasteiger partial charge in [-0.15, -0.1) is 0 Å². The van der Waals surface area contributed by atoms with Crippen LogP contribution in [-0.2, 0) is 17.6 Å². The van der Waals surface area contributed by atoms with Gasteiger partial charge in [-0.3, -0.25) is 4.79 Å². The minimum absolute atomic E-state index is 0.132. The van der Waals surface area contributed by atoms with Gasteiger partial charge in [-0.05, 0) is 24.5 Å². The molecule has 0 saturated heterocycles. The molecule has 2 rings (SSSR count). The maximum absolute atomic E-state index is 11.0. The second-order valence-corrected chi connectivity index (χ2v) is 3.70. The summed E-state index contributed by atoms with van der Waals surface area (Å²) in [7, 11) is 0. The van der Waals surface area contributed by atoms with Crippen LogP contribution in [0.3, 0.4) is 0 Å². The molecular weight excluding hydrogens is 176 g/mol. The topological polar surface area (TPSA) is 26.3 Å². The molecule has 0 bridgehead atoms. The number of ether oxygens (including phenoxy) is 1. The normalized spacial score (nSPS) is 13.9. The van der Waals surface area contributed by atoms with E-state index in [0.717, 1.165) is 17.7 Å². The van der Waals surface area contributed by atoms with Gasteiger partial charge < -0.3 is 4.74 Å². The van der Waals surface area contributed by atoms with Crippen molar-refractivity contribution in [2.24, 2.45) is 0 Å². The highest BCUT2D eigenvalue weighted by molar-refractivity contribution is 5.81. The molecule has 14 heavy (non-hydrogen) atoms. The van der Waals surface area contributed by atoms with Crippen LogP contribution in [0.2, 0.25) is 0 Å². The second kappa shape index (κ2) is 3.82. The number of hydrogen-bond donors (Lipinski definition) is 0. The predicted octanol–water partition coefficient (Wildman–Crippen LogP) is 2.49. The van der Waals surface area contributed by atoms with Crippen molar-refractivity contribution in [2.75, 3.05) is 0 Å². The van der Waals surface area contributed by atoms with Gasteiger partial charge in [0.15, 0.2) is 0 Å². The Morgan fingerprint density at radius 3 is 3.07 bits per heavy atom. The zero-order valence-electron chi connectivity index (χ0n) is 8.38. The van der Waals surface area contributed by atoms with E-state index in [0.29, 0.717) is 6.42 Å². The molecule has 1 heterocycles. The Bertz CT molecular complexity index is 355. The van der Waals surface area contributed by atoms with Crippen molar-refractivity contribution in [3.63, 3.8) is 0 Å². The minimum Gasteiger partial charge on any atom is -0.426 e. The molecule has 1 aliphatic rings. The zero-order valence-corrected chi connectivity index (χ0v) is 8.38. The van der Waals surface area contributed by atoms with Crippen molar-refractivity contribution < 1.29 is 9.53 Å². The Labute approximate surface area is 83.9 Å². The van der Waals surface area contributed by atoms with E-state index in [-0.39, 0.29) is 5.97 Å². The van der Waals surface area contributed by atoms with Gasteiger partial charge in [-0.25, -0.2) is 0 Å². The first-order valence-electron chi connectivity index (χ1n) is 5.12. The van der Waals surface area contributed by atoms with Crippen LogP contribution in [0, 0.1) is 0 Å². The lowest BCUT2D eigenvalue weighted by Gasteiger charge is -2.01. The van der Waals surface area contributed by atoms with E-state index < -0.39 is 0 Å². The summed E-state index contributed by atoms with van der Waals surface area (Å²) in [5, 5.41) is 0. The van der Waals surface area contributed by atoms with Crippen LogP contribution in [0.15, 0.2) is 18.2 Å². The molecule has 0 amide bonds. The highest BCUT2D eigenvalue weighted by Gasteiger charge is 2.19. The van der Waals surface area contributed by atoms with Crippen LogP contribution in [0.5, 0.6) is 5.75 Å². The van der Waals surface area contributed by atoms with Gasteiger partial charge in [0.1, 0.15) is 5.75 Å². The summed E-state index contributed by atoms with van der Waals surface area (Å²) >= 11 is 0. The maximum Gasteiger partial charge on any atom is 0.315 e. The standard InChI is InChI=1S/C12H14O2/c1-2-3-4-9-5-6-11-10(7-9)8-12(13)14-11/h5-7H,2-4,8H2,1H3. The fourth-order valence-corrected chi connectivity index (χ4v) is 1.72. The van der Waals surface area contributed by atoms with Gasteiger partial charge >= 0.3 is 5.97 Å². The van der Waals surface area contributed by atoms with Gasteiger partial charge in [0.25, 0.3) is 0 Å². The number of rotatable bonds is 3. The lowest BCUT2D eigenvalue weighted by molar-refractivity contribution is -0.131. The van der Waals surface area contributed by atoms with Gasteiger partial charge in [0.2, 0.25) is 0 Å². The van der Waals surface area contributed by atoms with Crippen LogP contribution in [0.1, 0.15) is 30.9 Å². The summed E-state index contributed by atoms with van der Waals surface area (Å²) in [6.45, 7) is 2.18. The Morgan fingerprint density at radius 1 is 1.43 bits per heavy atom. The minimum atomic E-state index is -0.132. The van der Waals surface area contributed by atoms with Crippen molar-refractivity contribution in [3.8, 4) is 5.75 Å². The third-order valence-electron chi connectivity index (χ3n) is 2.50. The number of aryl methyl sites for hydroxylation is 1. The van der Waals surface area contributed by atoms with Crippen molar-refractivity contribution in [2.45, 2.75) is 32.6 Å². The summed E-state index contributed by atoms with van der Waals surface area (Å²) < 4.78 is 5.03. The van der Waals surface area contributed by atoms with Crippen LogP contribution in [0.4, 0.5) is 0 Å². The average molecular weight is 190 g/mol. The third-order valence-corrected chi connectivity index (χ3v) is 2.50. The number of hydrogen-bond acceptors (Lipinski definition) is 2. The molecule has 0 aromatic heterocycles. The van der Waals surface area contributed by atoms with E-state index in [2.05, 4.69) is 13.0 Å². The summed E-state index contributed by atoms with van der Waals surface area (Å²) in [6, 6.07) is 6.05. The molecule has 0 aliphatic carbocycles. The molecule has 1 aliphatic heterocycles. The highest BCUT2D eigenvalue weighted by Crippen LogP contribution is 2.27. The van der Waals surface area contributed by atoms with Crippen LogP contribution in [-0.4, -0.2) is 5.97 Å². The molecule has 74 valence electrons. The fourth-order valence-electron chi connectivity index (χ4n) is 1.72. The summed E-state index contributed by atoms with van der Waals surface area (Å²) in [4.78, 5) is 11.0. The first kappa shape index (κ1) is 9.25. The molecule has 0 N–H and O–H groups in total. The largest absolute Gasteiger partial charge is 0.426 e. The molecule has 2 heteroatoms. The van der Waals surface area contributed by atoms with E-state index in [9.17, 15) is 4.79 Å². The fraction of sp³-hybridized carbons (Fsp3) is 0.417. The smallest absolute Gasteiger partial charge is 0.315 e. The lowest BCUT2D eigenvalue weighted by atomic mass is 10.0. The molecule has 0 fully saturated rings. The number of esters is 1. The van der Waals surface area contributed by atoms with E-state index in [1.54, 1.807) is 0 Å². The second-order valence-electron chi connectivity index (χ2n) is 3.70. The molecule has 1 aromatic carbocycles. The number of carbonyl (C=O) groups excluding carboxylic acids is 1. The van der Waals surface area contributed by atoms with Gasteiger partial charge in [-0.1, -0.05) is 25.5 Å². The molecule has 2 nitrogen and oxygen atoms in total. The summed E-state index contributed by atoms with van der Waals surface area (Å²) in [5.74, 6) is 0.614.